The molecule has 3 aromatic carbocycles. The standard InChI is InChI=1S/C26H17F3N2O5S/c27-26(28,29)22-13-25(32)36-23-9-6-17(11-21(22)23)10-16-4-7-20(8-5-16)37(33,34)31-19-3-1-2-18(12-19)24-14-30-15-35-24/h1-9,11-15,31H,10H2. The van der Waals surface area contributed by atoms with Crippen LogP contribution in [-0.2, 0) is 22.6 Å². The maximum absolute atomic E-state index is 13.4. The molecule has 2 heterocycles. The van der Waals surface area contributed by atoms with E-state index in [2.05, 4.69) is 9.71 Å². The van der Waals surface area contributed by atoms with Crippen molar-refractivity contribution in [3.8, 4) is 11.3 Å². The molecule has 0 amide bonds. The molecule has 0 bridgehead atoms. The normalized spacial score (nSPS) is 12.1. The van der Waals surface area contributed by atoms with Gasteiger partial charge in [-0.1, -0.05) is 30.3 Å². The molecule has 11 heteroatoms. The van der Waals surface area contributed by atoms with Crippen LogP contribution in [0.2, 0.25) is 0 Å². The Balaban J connectivity index is 1.36. The first-order chi connectivity index (χ1) is 17.6. The second-order valence-electron chi connectivity index (χ2n) is 8.18. The van der Waals surface area contributed by atoms with Crippen LogP contribution in [0, 0.1) is 0 Å². The number of sulfonamides is 1. The van der Waals surface area contributed by atoms with E-state index >= 15 is 0 Å². The van der Waals surface area contributed by atoms with Crippen molar-refractivity contribution < 1.29 is 30.4 Å². The molecular formula is C26H17F3N2O5S. The summed E-state index contributed by atoms with van der Waals surface area (Å²) in [6.07, 6.45) is -1.69. The minimum absolute atomic E-state index is 0.0148. The third-order valence-corrected chi connectivity index (χ3v) is 6.98. The van der Waals surface area contributed by atoms with Gasteiger partial charge in [0.2, 0.25) is 0 Å². The molecule has 0 aliphatic heterocycles. The van der Waals surface area contributed by atoms with Crippen LogP contribution in [-0.4, -0.2) is 13.4 Å². The zero-order valence-electron chi connectivity index (χ0n) is 18.8. The van der Waals surface area contributed by atoms with E-state index in [0.717, 1.165) is 0 Å². The molecule has 5 aromatic rings. The van der Waals surface area contributed by atoms with Gasteiger partial charge in [0.25, 0.3) is 10.0 Å². The molecule has 1 N–H and O–H groups in total. The Labute approximate surface area is 208 Å². The lowest BCUT2D eigenvalue weighted by atomic mass is 10.0. The zero-order valence-corrected chi connectivity index (χ0v) is 19.6. The number of aromatic nitrogens is 1. The van der Waals surface area contributed by atoms with Crippen LogP contribution >= 0.6 is 0 Å². The predicted molar refractivity (Wildman–Crippen MR) is 129 cm³/mol. The highest BCUT2D eigenvalue weighted by molar-refractivity contribution is 7.92. The molecule has 0 saturated heterocycles. The Bertz CT molecular complexity index is 1740. The van der Waals surface area contributed by atoms with Crippen LogP contribution in [0.5, 0.6) is 0 Å². The number of hydrogen-bond donors (Lipinski definition) is 1. The number of halogens is 3. The van der Waals surface area contributed by atoms with E-state index in [9.17, 15) is 26.4 Å². The second-order valence-corrected chi connectivity index (χ2v) is 9.86. The van der Waals surface area contributed by atoms with Crippen LogP contribution in [0.25, 0.3) is 22.3 Å². The minimum atomic E-state index is -4.72. The van der Waals surface area contributed by atoms with Crippen molar-refractivity contribution in [2.24, 2.45) is 0 Å². The first-order valence-electron chi connectivity index (χ1n) is 10.8. The van der Waals surface area contributed by atoms with Gasteiger partial charge in [-0.3, -0.25) is 4.72 Å². The lowest BCUT2D eigenvalue weighted by molar-refractivity contribution is -0.136. The summed E-state index contributed by atoms with van der Waals surface area (Å²) >= 11 is 0. The summed E-state index contributed by atoms with van der Waals surface area (Å²) in [6, 6.07) is 17.3. The van der Waals surface area contributed by atoms with Crippen molar-refractivity contribution in [2.75, 3.05) is 4.72 Å². The van der Waals surface area contributed by atoms with Gasteiger partial charge in [0.15, 0.2) is 12.2 Å². The summed E-state index contributed by atoms with van der Waals surface area (Å²) in [6.45, 7) is 0. The smallest absolute Gasteiger partial charge is 0.417 e. The number of nitrogens with one attached hydrogen (secondary N) is 1. The first kappa shape index (κ1) is 24.3. The van der Waals surface area contributed by atoms with Gasteiger partial charge >= 0.3 is 11.8 Å². The van der Waals surface area contributed by atoms with Crippen LogP contribution in [0.3, 0.4) is 0 Å². The third-order valence-electron chi connectivity index (χ3n) is 5.59. The van der Waals surface area contributed by atoms with Gasteiger partial charge in [0.1, 0.15) is 5.58 Å². The van der Waals surface area contributed by atoms with Crippen molar-refractivity contribution in [2.45, 2.75) is 17.5 Å². The largest absolute Gasteiger partial charge is 0.444 e. The van der Waals surface area contributed by atoms with Gasteiger partial charge in [0.05, 0.1) is 16.7 Å². The highest BCUT2D eigenvalue weighted by Crippen LogP contribution is 2.34. The average Bonchev–Trinajstić information content (AvgIpc) is 3.39. The van der Waals surface area contributed by atoms with E-state index in [1.165, 1.54) is 36.9 Å². The summed E-state index contributed by atoms with van der Waals surface area (Å²) in [5.41, 5.74) is -0.120. The molecule has 0 atom stereocenters. The molecule has 37 heavy (non-hydrogen) atoms. The molecule has 0 saturated carbocycles. The molecule has 0 fully saturated rings. The van der Waals surface area contributed by atoms with Gasteiger partial charge in [-0.15, -0.1) is 0 Å². The quantitative estimate of drug-likeness (QED) is 0.278. The molecule has 0 aliphatic rings. The molecule has 188 valence electrons. The van der Waals surface area contributed by atoms with E-state index in [0.29, 0.717) is 34.2 Å². The fourth-order valence-electron chi connectivity index (χ4n) is 3.89. The summed E-state index contributed by atoms with van der Waals surface area (Å²) in [5.74, 6) is 0.489. The van der Waals surface area contributed by atoms with E-state index in [-0.39, 0.29) is 22.3 Å². The number of rotatable bonds is 6. The Morgan fingerprint density at radius 1 is 0.919 bits per heavy atom. The Morgan fingerprint density at radius 2 is 1.68 bits per heavy atom. The molecule has 2 aromatic heterocycles. The van der Waals surface area contributed by atoms with Gasteiger partial charge in [-0.05, 0) is 53.9 Å². The van der Waals surface area contributed by atoms with Crippen molar-refractivity contribution >= 4 is 26.7 Å². The minimum Gasteiger partial charge on any atom is -0.444 e. The Hall–Kier alpha value is -4.38. The number of hydrogen-bond acceptors (Lipinski definition) is 6. The van der Waals surface area contributed by atoms with Crippen molar-refractivity contribution in [1.82, 2.24) is 4.98 Å². The topological polar surface area (TPSA) is 102 Å². The first-order valence-corrected chi connectivity index (χ1v) is 12.3. The number of benzene rings is 3. The summed E-state index contributed by atoms with van der Waals surface area (Å²) < 4.78 is 78.7. The molecule has 5 rings (SSSR count). The number of alkyl halides is 3. The van der Waals surface area contributed by atoms with Crippen LogP contribution in [0.15, 0.2) is 104 Å². The summed E-state index contributed by atoms with van der Waals surface area (Å²) in [4.78, 5) is 15.4. The van der Waals surface area contributed by atoms with Crippen molar-refractivity contribution in [3.05, 3.63) is 112 Å². The monoisotopic (exact) mass is 526 g/mol. The molecular weight excluding hydrogens is 509 g/mol. The highest BCUT2D eigenvalue weighted by atomic mass is 32.2. The lowest BCUT2D eigenvalue weighted by Gasteiger charge is -2.11. The molecule has 0 unspecified atom stereocenters. The number of nitrogens with zero attached hydrogens (tertiary/aromatic N) is 1. The maximum Gasteiger partial charge on any atom is 0.417 e. The summed E-state index contributed by atoms with van der Waals surface area (Å²) in [7, 11) is -3.91. The lowest BCUT2D eigenvalue weighted by Crippen LogP contribution is -2.13. The molecule has 0 aliphatic carbocycles. The van der Waals surface area contributed by atoms with Gasteiger partial charge < -0.3 is 8.83 Å². The second kappa shape index (κ2) is 9.25. The molecule has 0 radical (unpaired) electrons. The molecule has 0 spiro atoms. The third kappa shape index (κ3) is 5.26. The fourth-order valence-corrected chi connectivity index (χ4v) is 4.93. The van der Waals surface area contributed by atoms with E-state index in [1.807, 2.05) is 0 Å². The zero-order chi connectivity index (χ0) is 26.2. The van der Waals surface area contributed by atoms with E-state index < -0.39 is 27.4 Å². The highest BCUT2D eigenvalue weighted by Gasteiger charge is 2.33. The van der Waals surface area contributed by atoms with Crippen LogP contribution < -0.4 is 10.3 Å². The van der Waals surface area contributed by atoms with E-state index in [1.54, 1.807) is 42.5 Å². The average molecular weight is 526 g/mol. The van der Waals surface area contributed by atoms with E-state index in [4.69, 9.17) is 8.83 Å². The predicted octanol–water partition coefficient (Wildman–Crippen LogP) is 5.86. The van der Waals surface area contributed by atoms with Gasteiger partial charge in [-0.25, -0.2) is 18.2 Å². The van der Waals surface area contributed by atoms with Gasteiger partial charge in [0, 0.05) is 22.7 Å². The van der Waals surface area contributed by atoms with Crippen molar-refractivity contribution in [3.63, 3.8) is 0 Å². The van der Waals surface area contributed by atoms with Gasteiger partial charge in [-0.2, -0.15) is 13.2 Å². The molecule has 7 nitrogen and oxygen atoms in total. The van der Waals surface area contributed by atoms with Crippen molar-refractivity contribution in [1.29, 1.82) is 0 Å². The Morgan fingerprint density at radius 3 is 2.38 bits per heavy atom. The maximum atomic E-state index is 13.4. The number of oxazole rings is 1. The van der Waals surface area contributed by atoms with Crippen LogP contribution in [0.1, 0.15) is 16.7 Å². The Kier molecular flexibility index (Phi) is 6.08. The number of fused-ring (bicyclic) bond motifs is 1. The SMILES string of the molecule is O=c1cc(C(F)(F)F)c2cc(Cc3ccc(S(=O)(=O)Nc4cccc(-c5cnco5)c4)cc3)ccc2o1. The number of anilines is 1. The van der Waals surface area contributed by atoms with Crippen LogP contribution in [0.4, 0.5) is 18.9 Å². The summed E-state index contributed by atoms with van der Waals surface area (Å²) in [5, 5.41) is -0.222. The fraction of sp³-hybridized carbons (Fsp3) is 0.0769.